The zero-order chi connectivity index (χ0) is 14.5. The highest BCUT2D eigenvalue weighted by Gasteiger charge is 2.24. The van der Waals surface area contributed by atoms with Gasteiger partial charge in [-0.2, -0.15) is 0 Å². The van der Waals surface area contributed by atoms with Crippen molar-refractivity contribution in [2.75, 3.05) is 32.8 Å². The maximum Gasteiger partial charge on any atom is 0.169 e. The summed E-state index contributed by atoms with van der Waals surface area (Å²) in [6, 6.07) is 10.3. The van der Waals surface area contributed by atoms with Gasteiger partial charge in [0.2, 0.25) is 0 Å². The normalized spacial score (nSPS) is 25.8. The van der Waals surface area contributed by atoms with Crippen molar-refractivity contribution in [3.63, 3.8) is 0 Å². The number of nitrogens with zero attached hydrogens (tertiary/aromatic N) is 1. The van der Waals surface area contributed by atoms with Crippen LogP contribution < -0.4 is 5.32 Å². The van der Waals surface area contributed by atoms with Crippen LogP contribution in [0.15, 0.2) is 30.3 Å². The predicted octanol–water partition coefficient (Wildman–Crippen LogP) is 2.11. The Morgan fingerprint density at radius 2 is 2.10 bits per heavy atom. The zero-order valence-electron chi connectivity index (χ0n) is 12.2. The summed E-state index contributed by atoms with van der Waals surface area (Å²) < 4.78 is 11.5. The van der Waals surface area contributed by atoms with Gasteiger partial charge in [0, 0.05) is 19.7 Å². The second-order valence-corrected chi connectivity index (χ2v) is 5.92. The summed E-state index contributed by atoms with van der Waals surface area (Å²) in [5.41, 5.74) is 1.21. The van der Waals surface area contributed by atoms with E-state index in [0.29, 0.717) is 12.7 Å². The molecule has 2 fully saturated rings. The first kappa shape index (κ1) is 14.8. The van der Waals surface area contributed by atoms with Crippen LogP contribution in [0.3, 0.4) is 0 Å². The van der Waals surface area contributed by atoms with Crippen LogP contribution in [0.5, 0.6) is 0 Å². The number of hydrogen-bond donors (Lipinski definition) is 1. The molecule has 0 spiro atoms. The number of ether oxygens (including phenoxy) is 2. The summed E-state index contributed by atoms with van der Waals surface area (Å²) >= 11 is 5.52. The molecule has 0 aromatic heterocycles. The lowest BCUT2D eigenvalue weighted by molar-refractivity contribution is -0.00732. The molecular formula is C16H22N2O2S. The van der Waals surface area contributed by atoms with Crippen molar-refractivity contribution in [3.05, 3.63) is 35.9 Å². The highest BCUT2D eigenvalue weighted by molar-refractivity contribution is 7.80. The van der Waals surface area contributed by atoms with Crippen LogP contribution in [-0.4, -0.2) is 49.0 Å². The minimum atomic E-state index is 0.0995. The highest BCUT2D eigenvalue weighted by atomic mass is 32.1. The topological polar surface area (TPSA) is 33.7 Å². The van der Waals surface area contributed by atoms with Crippen LogP contribution >= 0.6 is 12.2 Å². The number of nitrogens with one attached hydrogen (secondary N) is 1. The van der Waals surface area contributed by atoms with Crippen molar-refractivity contribution in [1.82, 2.24) is 10.2 Å². The standard InChI is InChI=1S/C16H22N2O2S/c21-16(17-11-14-7-4-9-19-14)18-8-10-20-15(12-18)13-5-2-1-3-6-13/h1-3,5-6,14-15H,4,7-12H2,(H,17,21)/t14-,15-/m1/s1. The number of benzene rings is 1. The van der Waals surface area contributed by atoms with Crippen molar-refractivity contribution in [1.29, 1.82) is 0 Å². The van der Waals surface area contributed by atoms with Gasteiger partial charge in [0.1, 0.15) is 6.10 Å². The first-order valence-electron chi connectivity index (χ1n) is 7.64. The zero-order valence-corrected chi connectivity index (χ0v) is 13.0. The molecule has 0 radical (unpaired) electrons. The molecule has 2 aliphatic rings. The lowest BCUT2D eigenvalue weighted by Gasteiger charge is -2.35. The molecule has 2 aliphatic heterocycles. The minimum Gasteiger partial charge on any atom is -0.376 e. The Labute approximate surface area is 131 Å². The summed E-state index contributed by atoms with van der Waals surface area (Å²) in [7, 11) is 0. The molecule has 1 N–H and O–H groups in total. The van der Waals surface area contributed by atoms with E-state index in [1.807, 2.05) is 18.2 Å². The molecule has 0 aliphatic carbocycles. The summed E-state index contributed by atoms with van der Waals surface area (Å²) in [5, 5.41) is 4.16. The lowest BCUT2D eigenvalue weighted by Crippen LogP contribution is -2.48. The smallest absolute Gasteiger partial charge is 0.169 e. The molecular weight excluding hydrogens is 284 g/mol. The van der Waals surface area contributed by atoms with Crippen LogP contribution in [-0.2, 0) is 9.47 Å². The third-order valence-corrected chi connectivity index (χ3v) is 4.43. The molecule has 1 aromatic carbocycles. The maximum absolute atomic E-state index is 5.87. The van der Waals surface area contributed by atoms with Crippen molar-refractivity contribution >= 4 is 17.3 Å². The van der Waals surface area contributed by atoms with E-state index < -0.39 is 0 Å². The van der Waals surface area contributed by atoms with Crippen molar-refractivity contribution < 1.29 is 9.47 Å². The predicted molar refractivity (Wildman–Crippen MR) is 86.3 cm³/mol. The molecule has 0 saturated carbocycles. The van der Waals surface area contributed by atoms with E-state index in [4.69, 9.17) is 21.7 Å². The molecule has 5 heteroatoms. The Kier molecular flexibility index (Phi) is 5.06. The molecule has 4 nitrogen and oxygen atoms in total. The number of thiocarbonyl (C=S) groups is 1. The molecule has 2 saturated heterocycles. The fraction of sp³-hybridized carbons (Fsp3) is 0.562. The van der Waals surface area contributed by atoms with Crippen molar-refractivity contribution in [3.8, 4) is 0 Å². The molecule has 1 aromatic rings. The summed E-state index contributed by atoms with van der Waals surface area (Å²) in [6.07, 6.45) is 2.70. The molecule has 21 heavy (non-hydrogen) atoms. The summed E-state index contributed by atoms with van der Waals surface area (Å²) in [4.78, 5) is 2.20. The fourth-order valence-corrected chi connectivity index (χ4v) is 3.07. The van der Waals surface area contributed by atoms with E-state index in [-0.39, 0.29) is 6.10 Å². The van der Waals surface area contributed by atoms with Gasteiger partial charge < -0.3 is 19.7 Å². The minimum absolute atomic E-state index is 0.0995. The van der Waals surface area contributed by atoms with Crippen LogP contribution in [0.1, 0.15) is 24.5 Å². The molecule has 114 valence electrons. The number of morpholine rings is 1. The van der Waals surface area contributed by atoms with Gasteiger partial charge in [-0.05, 0) is 30.6 Å². The van der Waals surface area contributed by atoms with Gasteiger partial charge in [-0.25, -0.2) is 0 Å². The quantitative estimate of drug-likeness (QED) is 0.865. The first-order valence-corrected chi connectivity index (χ1v) is 8.04. The third-order valence-electron chi connectivity index (χ3n) is 4.03. The van der Waals surface area contributed by atoms with Crippen LogP contribution in [0, 0.1) is 0 Å². The highest BCUT2D eigenvalue weighted by Crippen LogP contribution is 2.22. The number of hydrogen-bond acceptors (Lipinski definition) is 3. The van der Waals surface area contributed by atoms with Crippen molar-refractivity contribution in [2.24, 2.45) is 0 Å². The average Bonchev–Trinajstić information content (AvgIpc) is 3.07. The average molecular weight is 306 g/mol. The second-order valence-electron chi connectivity index (χ2n) is 5.54. The monoisotopic (exact) mass is 306 g/mol. The molecule has 0 amide bonds. The summed E-state index contributed by atoms with van der Waals surface area (Å²) in [5.74, 6) is 0. The maximum atomic E-state index is 5.87. The Balaban J connectivity index is 1.51. The van der Waals surface area contributed by atoms with Crippen molar-refractivity contribution in [2.45, 2.75) is 25.0 Å². The molecule has 3 rings (SSSR count). The Bertz CT molecular complexity index is 463. The van der Waals surface area contributed by atoms with Gasteiger partial charge >= 0.3 is 0 Å². The largest absolute Gasteiger partial charge is 0.376 e. The van der Waals surface area contributed by atoms with Gasteiger partial charge in [-0.15, -0.1) is 0 Å². The van der Waals surface area contributed by atoms with E-state index in [0.717, 1.165) is 44.2 Å². The Hall–Kier alpha value is -1.17. The van der Waals surface area contributed by atoms with Crippen LogP contribution in [0.2, 0.25) is 0 Å². The van der Waals surface area contributed by atoms with Crippen LogP contribution in [0.25, 0.3) is 0 Å². The van der Waals surface area contributed by atoms with Gasteiger partial charge in [0.05, 0.1) is 19.3 Å². The van der Waals surface area contributed by atoms with E-state index >= 15 is 0 Å². The SMILES string of the molecule is S=C(NC[C@H]1CCCO1)N1CCO[C@@H](c2ccccc2)C1. The molecule has 2 heterocycles. The van der Waals surface area contributed by atoms with Gasteiger partial charge in [0.15, 0.2) is 5.11 Å². The van der Waals surface area contributed by atoms with Gasteiger partial charge in [-0.3, -0.25) is 0 Å². The first-order chi connectivity index (χ1) is 10.3. The van der Waals surface area contributed by atoms with Crippen LogP contribution in [0.4, 0.5) is 0 Å². The van der Waals surface area contributed by atoms with Gasteiger partial charge in [-0.1, -0.05) is 30.3 Å². The van der Waals surface area contributed by atoms with E-state index in [1.54, 1.807) is 0 Å². The van der Waals surface area contributed by atoms with Gasteiger partial charge in [0.25, 0.3) is 0 Å². The fourth-order valence-electron chi connectivity index (χ4n) is 2.82. The second kappa shape index (κ2) is 7.20. The third kappa shape index (κ3) is 3.93. The molecule has 2 atom stereocenters. The van der Waals surface area contributed by atoms with E-state index in [1.165, 1.54) is 5.56 Å². The summed E-state index contributed by atoms with van der Waals surface area (Å²) in [6.45, 7) is 4.06. The Morgan fingerprint density at radius 3 is 2.86 bits per heavy atom. The number of rotatable bonds is 3. The molecule has 0 unspecified atom stereocenters. The van der Waals surface area contributed by atoms with E-state index in [9.17, 15) is 0 Å². The van der Waals surface area contributed by atoms with E-state index in [2.05, 4.69) is 22.3 Å². The molecule has 0 bridgehead atoms. The lowest BCUT2D eigenvalue weighted by atomic mass is 10.1. The Morgan fingerprint density at radius 1 is 1.24 bits per heavy atom.